The molecule has 1 heterocycles. The first kappa shape index (κ1) is 21.1. The van der Waals surface area contributed by atoms with E-state index in [0.717, 1.165) is 0 Å². The van der Waals surface area contributed by atoms with Crippen LogP contribution < -0.4 is 0 Å². The number of unbranched alkanes of at least 4 members (excludes halogenated alkanes) is 1. The van der Waals surface area contributed by atoms with Crippen LogP contribution in [-0.2, 0) is 33.4 Å². The molecule has 6 unspecified atom stereocenters. The zero-order valence-electron chi connectivity index (χ0n) is 15.1. The number of carbonyl (C=O) groups is 4. The lowest BCUT2D eigenvalue weighted by Crippen LogP contribution is -2.43. The average molecular weight is 420 g/mol. The number of aliphatic carboxylic acids is 1. The molecular weight excluding hydrogens is 401 g/mol. The molecule has 0 aromatic carbocycles. The number of hydrogen-bond donors (Lipinski definition) is 1. The maximum Gasteiger partial charge on any atom is 0.422 e. The van der Waals surface area contributed by atoms with E-state index in [1.54, 1.807) is 0 Å². The summed E-state index contributed by atoms with van der Waals surface area (Å²) in [6.45, 7) is 2.30. The Hall–Kier alpha value is -2.59. The Morgan fingerprint density at radius 3 is 2.52 bits per heavy atom. The van der Waals surface area contributed by atoms with E-state index in [2.05, 4.69) is 11.3 Å². The number of rotatable bonds is 8. The Balaban J connectivity index is 1.42. The Bertz CT molecular complexity index is 746. The Labute approximate surface area is 163 Å². The molecule has 2 bridgehead atoms. The van der Waals surface area contributed by atoms with Crippen molar-refractivity contribution in [3.8, 4) is 0 Å². The highest BCUT2D eigenvalue weighted by atomic mass is 19.4. The van der Waals surface area contributed by atoms with Crippen LogP contribution in [0.1, 0.15) is 25.7 Å². The normalized spacial score (nSPS) is 32.0. The lowest BCUT2D eigenvalue weighted by Gasteiger charge is -2.29. The number of carboxylic acid groups (broad SMARTS) is 1. The molecule has 0 aromatic heterocycles. The molecule has 0 spiro atoms. The molecule has 1 saturated heterocycles. The van der Waals surface area contributed by atoms with Crippen molar-refractivity contribution in [2.45, 2.75) is 44.1 Å². The molecule has 0 radical (unpaired) electrons. The fourth-order valence-corrected chi connectivity index (χ4v) is 4.43. The van der Waals surface area contributed by atoms with Crippen LogP contribution >= 0.6 is 0 Å². The third-order valence-electron chi connectivity index (χ3n) is 5.70. The summed E-state index contributed by atoms with van der Waals surface area (Å²) in [6, 6.07) is 0. The smallest absolute Gasteiger partial charge is 0.422 e. The van der Waals surface area contributed by atoms with Gasteiger partial charge in [-0.25, -0.2) is 4.79 Å². The van der Waals surface area contributed by atoms with Gasteiger partial charge in [-0.2, -0.15) is 13.2 Å². The summed E-state index contributed by atoms with van der Waals surface area (Å²) in [7, 11) is 0. The van der Waals surface area contributed by atoms with Crippen LogP contribution in [0.15, 0.2) is 12.2 Å². The van der Waals surface area contributed by atoms with Crippen molar-refractivity contribution in [2.75, 3.05) is 6.61 Å². The third kappa shape index (κ3) is 3.95. The Morgan fingerprint density at radius 1 is 1.21 bits per heavy atom. The van der Waals surface area contributed by atoms with Crippen molar-refractivity contribution in [1.29, 1.82) is 0 Å². The maximum atomic E-state index is 12.3. The highest BCUT2D eigenvalue weighted by Crippen LogP contribution is 2.58. The van der Waals surface area contributed by atoms with Crippen molar-refractivity contribution in [3.05, 3.63) is 12.2 Å². The number of carboxylic acids is 1. The van der Waals surface area contributed by atoms with Crippen LogP contribution in [0.25, 0.3) is 0 Å². The molecule has 3 fully saturated rings. The molecule has 8 nitrogen and oxygen atoms in total. The Morgan fingerprint density at radius 2 is 1.90 bits per heavy atom. The first-order chi connectivity index (χ1) is 13.5. The molecule has 3 rings (SSSR count). The molecular formula is C18H19F3O8. The highest BCUT2D eigenvalue weighted by molar-refractivity contribution is 5.89. The lowest BCUT2D eigenvalue weighted by atomic mass is 9.78. The van der Waals surface area contributed by atoms with Crippen LogP contribution in [0.5, 0.6) is 0 Å². The van der Waals surface area contributed by atoms with E-state index in [9.17, 15) is 37.5 Å². The van der Waals surface area contributed by atoms with E-state index < -0.39 is 65.6 Å². The van der Waals surface area contributed by atoms with E-state index in [1.165, 1.54) is 0 Å². The SMILES string of the molecule is C=C(C(=O)OCCCCC(=O)OC1C2CC3C1OC(=O)C3C2C(=O)O)C(F)(F)F. The van der Waals surface area contributed by atoms with Crippen LogP contribution in [0, 0.1) is 23.7 Å². The third-order valence-corrected chi connectivity index (χ3v) is 5.70. The topological polar surface area (TPSA) is 116 Å². The summed E-state index contributed by atoms with van der Waals surface area (Å²) < 4.78 is 51.8. The fraction of sp³-hybridized carbons (Fsp3) is 0.667. The summed E-state index contributed by atoms with van der Waals surface area (Å²) in [5.74, 6) is -6.30. The second-order valence-corrected chi connectivity index (χ2v) is 7.38. The molecule has 3 aliphatic rings. The van der Waals surface area contributed by atoms with Crippen molar-refractivity contribution < 1.29 is 51.7 Å². The van der Waals surface area contributed by atoms with Crippen LogP contribution in [-0.4, -0.2) is 54.0 Å². The van der Waals surface area contributed by atoms with Gasteiger partial charge in [-0.3, -0.25) is 14.4 Å². The summed E-state index contributed by atoms with van der Waals surface area (Å²) >= 11 is 0. The Kier molecular flexibility index (Phi) is 5.59. The number of carbonyl (C=O) groups excluding carboxylic acids is 3. The molecule has 6 atom stereocenters. The van der Waals surface area contributed by atoms with Gasteiger partial charge in [-0.1, -0.05) is 6.58 Å². The quantitative estimate of drug-likeness (QED) is 0.273. The van der Waals surface area contributed by atoms with Crippen LogP contribution in [0.3, 0.4) is 0 Å². The number of esters is 3. The van der Waals surface area contributed by atoms with Crippen molar-refractivity contribution in [2.24, 2.45) is 23.7 Å². The summed E-state index contributed by atoms with van der Waals surface area (Å²) in [6.07, 6.45) is -5.67. The predicted octanol–water partition coefficient (Wildman–Crippen LogP) is 1.62. The summed E-state index contributed by atoms with van der Waals surface area (Å²) in [4.78, 5) is 46.6. The number of hydrogen-bond acceptors (Lipinski definition) is 7. The number of ether oxygens (including phenoxy) is 3. The van der Waals surface area contributed by atoms with Gasteiger partial charge in [0.15, 0.2) is 0 Å². The monoisotopic (exact) mass is 420 g/mol. The van der Waals surface area contributed by atoms with Gasteiger partial charge >= 0.3 is 30.1 Å². The first-order valence-corrected chi connectivity index (χ1v) is 9.08. The molecule has 0 aromatic rings. The van der Waals surface area contributed by atoms with E-state index in [0.29, 0.717) is 6.42 Å². The predicted molar refractivity (Wildman–Crippen MR) is 86.0 cm³/mol. The van der Waals surface area contributed by atoms with Gasteiger partial charge in [0.05, 0.1) is 18.4 Å². The van der Waals surface area contributed by atoms with Crippen molar-refractivity contribution in [1.82, 2.24) is 0 Å². The largest absolute Gasteiger partial charge is 0.481 e. The van der Waals surface area contributed by atoms with Gasteiger partial charge in [0.25, 0.3) is 0 Å². The number of fused-ring (bicyclic) bond motifs is 1. The molecule has 2 aliphatic carbocycles. The number of alkyl halides is 3. The van der Waals surface area contributed by atoms with Gasteiger partial charge in [-0.05, 0) is 19.3 Å². The van der Waals surface area contributed by atoms with E-state index in [4.69, 9.17) is 9.47 Å². The zero-order valence-corrected chi connectivity index (χ0v) is 15.1. The van der Waals surface area contributed by atoms with Gasteiger partial charge in [0.2, 0.25) is 0 Å². The van der Waals surface area contributed by atoms with E-state index in [1.807, 2.05) is 0 Å². The first-order valence-electron chi connectivity index (χ1n) is 9.08. The molecule has 29 heavy (non-hydrogen) atoms. The average Bonchev–Trinajstić information content (AvgIpc) is 3.23. The van der Waals surface area contributed by atoms with Crippen molar-refractivity contribution in [3.63, 3.8) is 0 Å². The molecule has 160 valence electrons. The minimum absolute atomic E-state index is 0.104. The number of halogens is 3. The van der Waals surface area contributed by atoms with Gasteiger partial charge in [0, 0.05) is 18.3 Å². The summed E-state index contributed by atoms with van der Waals surface area (Å²) in [5, 5.41) is 9.39. The van der Waals surface area contributed by atoms with Crippen molar-refractivity contribution >= 4 is 23.9 Å². The molecule has 0 amide bonds. The lowest BCUT2D eigenvalue weighted by molar-refractivity contribution is -0.164. The highest BCUT2D eigenvalue weighted by Gasteiger charge is 2.69. The van der Waals surface area contributed by atoms with Crippen LogP contribution in [0.4, 0.5) is 13.2 Å². The van der Waals surface area contributed by atoms with Gasteiger partial charge in [0.1, 0.15) is 17.8 Å². The fourth-order valence-electron chi connectivity index (χ4n) is 4.43. The van der Waals surface area contributed by atoms with Gasteiger partial charge < -0.3 is 19.3 Å². The summed E-state index contributed by atoms with van der Waals surface area (Å²) in [5.41, 5.74) is -1.61. The second kappa shape index (κ2) is 7.68. The minimum Gasteiger partial charge on any atom is -0.481 e. The molecule has 1 aliphatic heterocycles. The maximum absolute atomic E-state index is 12.3. The molecule has 2 saturated carbocycles. The zero-order chi connectivity index (χ0) is 21.5. The van der Waals surface area contributed by atoms with E-state index >= 15 is 0 Å². The minimum atomic E-state index is -4.86. The molecule has 11 heteroatoms. The standard InChI is InChI=1S/C18H19F3O8/c1-7(18(19,20)21)16(25)27-5-3-2-4-10(22)28-13-8-6-9-12(11(8)15(23)24)17(26)29-14(9)13/h8-9,11-14H,1-6H2,(H,23,24). The molecule has 1 N–H and O–H groups in total. The second-order valence-electron chi connectivity index (χ2n) is 7.38. The van der Waals surface area contributed by atoms with Crippen LogP contribution in [0.2, 0.25) is 0 Å². The van der Waals surface area contributed by atoms with Gasteiger partial charge in [-0.15, -0.1) is 0 Å². The van der Waals surface area contributed by atoms with E-state index in [-0.39, 0.29) is 31.8 Å².